The first kappa shape index (κ1) is 27.0. The molecule has 0 saturated heterocycles. The Kier molecular flexibility index (Phi) is 6.88. The maximum Gasteiger partial charge on any atom is 0.416 e. The summed E-state index contributed by atoms with van der Waals surface area (Å²) in [6, 6.07) is 6.79. The Balaban J connectivity index is 1.65. The third-order valence-corrected chi connectivity index (χ3v) is 6.47. The van der Waals surface area contributed by atoms with Crippen molar-refractivity contribution < 1.29 is 36.3 Å². The predicted molar refractivity (Wildman–Crippen MR) is 134 cm³/mol. The molecule has 2 N–H and O–H groups in total. The molecule has 2 amide bonds. The summed E-state index contributed by atoms with van der Waals surface area (Å²) in [4.78, 5) is 34.5. The number of alkyl halides is 3. The van der Waals surface area contributed by atoms with Crippen LogP contribution in [0.2, 0.25) is 5.02 Å². The highest BCUT2D eigenvalue weighted by Gasteiger charge is 2.36. The molecule has 2 heterocycles. The SMILES string of the molecule is COc1cnc(-c2cc(NC(=O)c3cc(F)cc(C(F)(F)F)c3)c3c(c2)C(=O)NC3c2cc(F)ccc2Cl)cn1. The number of carbonyl (C=O) groups excluding carboxylic acids is 2. The van der Waals surface area contributed by atoms with Crippen molar-refractivity contribution in [3.63, 3.8) is 0 Å². The van der Waals surface area contributed by atoms with E-state index in [9.17, 15) is 31.5 Å². The molecule has 3 aromatic carbocycles. The molecule has 0 bridgehead atoms. The zero-order valence-corrected chi connectivity index (χ0v) is 21.0. The summed E-state index contributed by atoms with van der Waals surface area (Å²) in [6.07, 6.45) is -2.23. The molecule has 13 heteroatoms. The van der Waals surface area contributed by atoms with Gasteiger partial charge < -0.3 is 15.4 Å². The van der Waals surface area contributed by atoms with E-state index >= 15 is 0 Å². The van der Waals surface area contributed by atoms with Gasteiger partial charge in [-0.15, -0.1) is 0 Å². The number of aromatic nitrogens is 2. The number of halogens is 6. The number of rotatable bonds is 5. The Labute approximate surface area is 228 Å². The Morgan fingerprint density at radius 1 is 1.02 bits per heavy atom. The minimum Gasteiger partial charge on any atom is -0.480 e. The number of nitrogens with one attached hydrogen (secondary N) is 2. The number of anilines is 1. The van der Waals surface area contributed by atoms with Crippen molar-refractivity contribution >= 4 is 29.1 Å². The van der Waals surface area contributed by atoms with Crippen molar-refractivity contribution in [2.24, 2.45) is 0 Å². The normalized spacial score (nSPS) is 14.5. The first-order chi connectivity index (χ1) is 18.9. The number of hydrogen-bond donors (Lipinski definition) is 2. The lowest BCUT2D eigenvalue weighted by Gasteiger charge is -2.19. The van der Waals surface area contributed by atoms with Crippen molar-refractivity contribution in [2.45, 2.75) is 12.2 Å². The van der Waals surface area contributed by atoms with Gasteiger partial charge in [0, 0.05) is 38.5 Å². The van der Waals surface area contributed by atoms with E-state index < -0.39 is 46.8 Å². The number of hydrogen-bond acceptors (Lipinski definition) is 5. The average Bonchev–Trinajstić information content (AvgIpc) is 3.25. The molecule has 5 rings (SSSR count). The first-order valence-electron chi connectivity index (χ1n) is 11.4. The van der Waals surface area contributed by atoms with Crippen LogP contribution in [0.3, 0.4) is 0 Å². The first-order valence-corrected chi connectivity index (χ1v) is 11.8. The second kappa shape index (κ2) is 10.2. The highest BCUT2D eigenvalue weighted by Crippen LogP contribution is 2.42. The third-order valence-electron chi connectivity index (χ3n) is 6.13. The molecule has 0 saturated carbocycles. The summed E-state index contributed by atoms with van der Waals surface area (Å²) in [5.41, 5.74) is -1.03. The zero-order valence-electron chi connectivity index (χ0n) is 20.2. The maximum absolute atomic E-state index is 14.1. The highest BCUT2D eigenvalue weighted by molar-refractivity contribution is 6.31. The van der Waals surface area contributed by atoms with E-state index in [-0.39, 0.29) is 45.0 Å². The fourth-order valence-corrected chi connectivity index (χ4v) is 4.53. The van der Waals surface area contributed by atoms with Crippen LogP contribution in [0, 0.1) is 11.6 Å². The second-order valence-electron chi connectivity index (χ2n) is 8.68. The van der Waals surface area contributed by atoms with Gasteiger partial charge in [0.2, 0.25) is 5.88 Å². The minimum atomic E-state index is -4.90. The summed E-state index contributed by atoms with van der Waals surface area (Å²) in [5, 5.41) is 5.28. The fourth-order valence-electron chi connectivity index (χ4n) is 4.30. The Morgan fingerprint density at radius 2 is 1.80 bits per heavy atom. The number of nitrogens with zero attached hydrogens (tertiary/aromatic N) is 2. The van der Waals surface area contributed by atoms with Crippen molar-refractivity contribution in [1.82, 2.24) is 15.3 Å². The molecular weight excluding hydrogens is 559 g/mol. The van der Waals surface area contributed by atoms with Crippen LogP contribution in [0.4, 0.5) is 27.6 Å². The molecule has 0 fully saturated rings. The topological polar surface area (TPSA) is 93.2 Å². The lowest BCUT2D eigenvalue weighted by molar-refractivity contribution is -0.137. The highest BCUT2D eigenvalue weighted by atomic mass is 35.5. The van der Waals surface area contributed by atoms with Crippen LogP contribution in [0.25, 0.3) is 11.3 Å². The Morgan fingerprint density at radius 3 is 2.48 bits per heavy atom. The molecule has 1 aliphatic heterocycles. The van der Waals surface area contributed by atoms with Gasteiger partial charge >= 0.3 is 6.18 Å². The van der Waals surface area contributed by atoms with E-state index in [4.69, 9.17) is 16.3 Å². The van der Waals surface area contributed by atoms with Gasteiger partial charge in [0.25, 0.3) is 11.8 Å². The smallest absolute Gasteiger partial charge is 0.416 e. The number of ether oxygens (including phenoxy) is 1. The fraction of sp³-hybridized carbons (Fsp3) is 0.111. The van der Waals surface area contributed by atoms with E-state index in [1.54, 1.807) is 0 Å². The number of benzene rings is 3. The lowest BCUT2D eigenvalue weighted by Crippen LogP contribution is -2.21. The van der Waals surface area contributed by atoms with Gasteiger partial charge in [-0.25, -0.2) is 18.7 Å². The zero-order chi connectivity index (χ0) is 28.8. The molecule has 0 spiro atoms. The monoisotopic (exact) mass is 574 g/mol. The van der Waals surface area contributed by atoms with Gasteiger partial charge in [-0.3, -0.25) is 9.59 Å². The Hall–Kier alpha value is -4.58. The van der Waals surface area contributed by atoms with E-state index in [1.807, 2.05) is 0 Å². The van der Waals surface area contributed by atoms with Crippen LogP contribution >= 0.6 is 11.6 Å². The summed E-state index contributed by atoms with van der Waals surface area (Å²) < 4.78 is 72.9. The predicted octanol–water partition coefficient (Wildman–Crippen LogP) is 6.19. The molecule has 1 aromatic heterocycles. The third kappa shape index (κ3) is 5.17. The van der Waals surface area contributed by atoms with Crippen LogP contribution in [0.5, 0.6) is 5.88 Å². The van der Waals surface area contributed by atoms with Gasteiger partial charge in [-0.2, -0.15) is 13.2 Å². The molecule has 0 radical (unpaired) electrons. The van der Waals surface area contributed by atoms with E-state index in [0.717, 1.165) is 12.1 Å². The summed E-state index contributed by atoms with van der Waals surface area (Å²) >= 11 is 6.29. The molecule has 0 aliphatic carbocycles. The van der Waals surface area contributed by atoms with Crippen LogP contribution in [0.1, 0.15) is 43.4 Å². The number of fused-ring (bicyclic) bond motifs is 1. The van der Waals surface area contributed by atoms with Crippen molar-refractivity contribution in [1.29, 1.82) is 0 Å². The number of carbonyl (C=O) groups is 2. The Bertz CT molecular complexity index is 1660. The molecule has 1 aliphatic rings. The van der Waals surface area contributed by atoms with Crippen molar-refractivity contribution in [2.75, 3.05) is 12.4 Å². The largest absolute Gasteiger partial charge is 0.480 e. The van der Waals surface area contributed by atoms with Crippen molar-refractivity contribution in [3.05, 3.63) is 105 Å². The standard InChI is InChI=1S/C27H16ClF5N4O3/c1-40-22-11-34-21(10-35-22)12-6-18-23(24(37-26(18)39)17-9-15(29)2-3-19(17)28)20(7-12)36-25(38)13-4-14(27(31,32)33)8-16(30)5-13/h2-11,24H,1H3,(H,36,38)(H,37,39). The van der Waals surface area contributed by atoms with Gasteiger partial charge in [0.1, 0.15) is 11.6 Å². The molecule has 204 valence electrons. The van der Waals surface area contributed by atoms with Gasteiger partial charge in [-0.05, 0) is 48.5 Å². The molecule has 1 atom stereocenters. The van der Waals surface area contributed by atoms with Gasteiger partial charge in [0.05, 0.1) is 36.8 Å². The summed E-state index contributed by atoms with van der Waals surface area (Å²) in [5.74, 6) is -3.38. The molecular formula is C27H16ClF5N4O3. The lowest BCUT2D eigenvalue weighted by atomic mass is 9.93. The maximum atomic E-state index is 14.1. The van der Waals surface area contributed by atoms with Crippen LogP contribution in [-0.2, 0) is 6.18 Å². The van der Waals surface area contributed by atoms with Gasteiger partial charge in [0.15, 0.2) is 0 Å². The molecule has 1 unspecified atom stereocenters. The molecule has 7 nitrogen and oxygen atoms in total. The van der Waals surface area contributed by atoms with E-state index in [2.05, 4.69) is 20.6 Å². The van der Waals surface area contributed by atoms with Gasteiger partial charge in [-0.1, -0.05) is 11.6 Å². The van der Waals surface area contributed by atoms with Crippen molar-refractivity contribution in [3.8, 4) is 17.1 Å². The molecule has 40 heavy (non-hydrogen) atoms. The average molecular weight is 575 g/mol. The minimum absolute atomic E-state index is 0.0309. The number of amides is 2. The summed E-state index contributed by atoms with van der Waals surface area (Å²) in [7, 11) is 1.39. The van der Waals surface area contributed by atoms with E-state index in [1.165, 1.54) is 37.7 Å². The quantitative estimate of drug-likeness (QED) is 0.277. The van der Waals surface area contributed by atoms with E-state index in [0.29, 0.717) is 17.7 Å². The summed E-state index contributed by atoms with van der Waals surface area (Å²) in [6.45, 7) is 0. The molecule has 4 aromatic rings. The van der Waals surface area contributed by atoms with Crippen LogP contribution < -0.4 is 15.4 Å². The number of methoxy groups -OCH3 is 1. The second-order valence-corrected chi connectivity index (χ2v) is 9.09. The van der Waals surface area contributed by atoms with Crippen LogP contribution in [-0.4, -0.2) is 28.9 Å². The van der Waals surface area contributed by atoms with Crippen LogP contribution in [0.15, 0.2) is 60.9 Å².